The van der Waals surface area contributed by atoms with Crippen LogP contribution in [0.15, 0.2) is 4.99 Å². The summed E-state index contributed by atoms with van der Waals surface area (Å²) in [6.07, 6.45) is 0. The van der Waals surface area contributed by atoms with Gasteiger partial charge in [0.15, 0.2) is 0 Å². The molecule has 1 unspecified atom stereocenters. The molecule has 5 heteroatoms. The SMILES string of the molecule is CCOC(=O)C(C#N)C(=NC)N(C)C. The van der Waals surface area contributed by atoms with Crippen molar-refractivity contribution in [2.45, 2.75) is 6.92 Å². The van der Waals surface area contributed by atoms with E-state index >= 15 is 0 Å². The van der Waals surface area contributed by atoms with Crippen molar-refractivity contribution in [1.29, 1.82) is 5.26 Å². The van der Waals surface area contributed by atoms with E-state index in [0.717, 1.165) is 0 Å². The third kappa shape index (κ3) is 3.05. The molecular formula is C9H15N3O2. The van der Waals surface area contributed by atoms with Crippen molar-refractivity contribution in [2.24, 2.45) is 10.9 Å². The van der Waals surface area contributed by atoms with Crippen LogP contribution in [-0.2, 0) is 9.53 Å². The van der Waals surface area contributed by atoms with E-state index in [9.17, 15) is 4.79 Å². The van der Waals surface area contributed by atoms with Gasteiger partial charge in [-0.15, -0.1) is 0 Å². The molecule has 0 aromatic carbocycles. The Labute approximate surface area is 84.0 Å². The van der Waals surface area contributed by atoms with Crippen LogP contribution >= 0.6 is 0 Å². The highest BCUT2D eigenvalue weighted by Crippen LogP contribution is 2.04. The molecule has 0 radical (unpaired) electrons. The Morgan fingerprint density at radius 1 is 1.64 bits per heavy atom. The lowest BCUT2D eigenvalue weighted by atomic mass is 10.1. The first-order valence-corrected chi connectivity index (χ1v) is 4.28. The number of esters is 1. The normalized spacial score (nSPS) is 12.9. The summed E-state index contributed by atoms with van der Waals surface area (Å²) in [5, 5.41) is 8.82. The molecule has 14 heavy (non-hydrogen) atoms. The minimum absolute atomic E-state index is 0.265. The van der Waals surface area contributed by atoms with Crippen LogP contribution in [-0.4, -0.2) is 44.5 Å². The maximum Gasteiger partial charge on any atom is 0.331 e. The lowest BCUT2D eigenvalue weighted by molar-refractivity contribution is -0.144. The molecule has 0 saturated carbocycles. The van der Waals surface area contributed by atoms with Gasteiger partial charge in [-0.2, -0.15) is 5.26 Å². The summed E-state index contributed by atoms with van der Waals surface area (Å²) >= 11 is 0. The van der Waals surface area contributed by atoms with Crippen LogP contribution in [0.4, 0.5) is 0 Å². The van der Waals surface area contributed by atoms with E-state index in [-0.39, 0.29) is 6.61 Å². The molecule has 0 fully saturated rings. The van der Waals surface area contributed by atoms with Crippen molar-refractivity contribution >= 4 is 11.8 Å². The molecule has 0 rings (SSSR count). The number of aliphatic imine (C=N–C) groups is 1. The first kappa shape index (κ1) is 12.4. The summed E-state index contributed by atoms with van der Waals surface area (Å²) in [7, 11) is 5.00. The van der Waals surface area contributed by atoms with Gasteiger partial charge in [-0.25, -0.2) is 0 Å². The molecule has 0 aliphatic heterocycles. The van der Waals surface area contributed by atoms with Crippen LogP contribution in [0.2, 0.25) is 0 Å². The van der Waals surface area contributed by atoms with Crippen LogP contribution in [0, 0.1) is 17.2 Å². The van der Waals surface area contributed by atoms with Gasteiger partial charge in [0.05, 0.1) is 12.7 Å². The molecule has 0 aliphatic rings. The predicted molar refractivity (Wildman–Crippen MR) is 52.8 cm³/mol. The molecule has 0 N–H and O–H groups in total. The van der Waals surface area contributed by atoms with E-state index in [2.05, 4.69) is 4.99 Å². The Morgan fingerprint density at radius 3 is 2.50 bits per heavy atom. The summed E-state index contributed by atoms with van der Waals surface area (Å²) in [6, 6.07) is 1.87. The summed E-state index contributed by atoms with van der Waals surface area (Å²) in [6.45, 7) is 1.96. The molecule has 5 nitrogen and oxygen atoms in total. The van der Waals surface area contributed by atoms with Crippen LogP contribution in [0.1, 0.15) is 6.92 Å². The molecule has 0 heterocycles. The number of hydrogen-bond acceptors (Lipinski definition) is 4. The zero-order chi connectivity index (χ0) is 11.1. The number of carbonyl (C=O) groups is 1. The lowest BCUT2D eigenvalue weighted by Crippen LogP contribution is -2.35. The van der Waals surface area contributed by atoms with E-state index in [1.54, 1.807) is 33.0 Å². The second-order valence-corrected chi connectivity index (χ2v) is 2.79. The number of hydrogen-bond donors (Lipinski definition) is 0. The number of nitriles is 1. The van der Waals surface area contributed by atoms with Gasteiger partial charge in [0.2, 0.25) is 5.92 Å². The van der Waals surface area contributed by atoms with Gasteiger partial charge in [0, 0.05) is 21.1 Å². The molecule has 0 aromatic rings. The smallest absolute Gasteiger partial charge is 0.331 e. The maximum absolute atomic E-state index is 11.3. The number of ether oxygens (including phenoxy) is 1. The number of nitrogens with zero attached hydrogens (tertiary/aromatic N) is 3. The Morgan fingerprint density at radius 2 is 2.21 bits per heavy atom. The Bertz CT molecular complexity index is 266. The number of rotatable bonds is 3. The first-order chi connectivity index (χ1) is 6.58. The van der Waals surface area contributed by atoms with Gasteiger partial charge in [0.25, 0.3) is 0 Å². The topological polar surface area (TPSA) is 65.7 Å². The van der Waals surface area contributed by atoms with Crippen molar-refractivity contribution in [2.75, 3.05) is 27.7 Å². The third-order valence-electron chi connectivity index (χ3n) is 1.60. The van der Waals surface area contributed by atoms with Crippen molar-refractivity contribution in [1.82, 2.24) is 4.90 Å². The minimum Gasteiger partial charge on any atom is -0.465 e. The quantitative estimate of drug-likeness (QED) is 0.370. The van der Waals surface area contributed by atoms with Gasteiger partial charge in [0.1, 0.15) is 5.84 Å². The zero-order valence-electron chi connectivity index (χ0n) is 8.94. The fraction of sp³-hybridized carbons (Fsp3) is 0.667. The molecular weight excluding hydrogens is 182 g/mol. The molecule has 0 aliphatic carbocycles. The lowest BCUT2D eigenvalue weighted by Gasteiger charge is -2.18. The van der Waals surface area contributed by atoms with E-state index in [0.29, 0.717) is 5.84 Å². The zero-order valence-corrected chi connectivity index (χ0v) is 8.94. The van der Waals surface area contributed by atoms with E-state index in [1.807, 2.05) is 6.07 Å². The van der Waals surface area contributed by atoms with Crippen LogP contribution < -0.4 is 0 Å². The summed E-state index contributed by atoms with van der Waals surface area (Å²) in [5.41, 5.74) is 0. The average molecular weight is 197 g/mol. The second-order valence-electron chi connectivity index (χ2n) is 2.79. The first-order valence-electron chi connectivity index (χ1n) is 4.28. The Balaban J connectivity index is 4.72. The van der Waals surface area contributed by atoms with Gasteiger partial charge in [-0.1, -0.05) is 0 Å². The van der Waals surface area contributed by atoms with E-state index < -0.39 is 11.9 Å². The van der Waals surface area contributed by atoms with Crippen LogP contribution in [0.5, 0.6) is 0 Å². The van der Waals surface area contributed by atoms with Crippen LogP contribution in [0.25, 0.3) is 0 Å². The average Bonchev–Trinajstić information content (AvgIpc) is 2.13. The van der Waals surface area contributed by atoms with E-state index in [1.165, 1.54) is 0 Å². The summed E-state index contributed by atoms with van der Waals surface area (Å²) in [5.74, 6) is -1.08. The van der Waals surface area contributed by atoms with Crippen molar-refractivity contribution < 1.29 is 9.53 Å². The predicted octanol–water partition coefficient (Wildman–Crippen LogP) is 0.279. The second kappa shape index (κ2) is 5.97. The Hall–Kier alpha value is -1.57. The highest BCUT2D eigenvalue weighted by molar-refractivity contribution is 6.03. The van der Waals surface area contributed by atoms with Crippen molar-refractivity contribution in [3.05, 3.63) is 0 Å². The third-order valence-corrected chi connectivity index (χ3v) is 1.60. The molecule has 0 spiro atoms. The van der Waals surface area contributed by atoms with Crippen molar-refractivity contribution in [3.63, 3.8) is 0 Å². The van der Waals surface area contributed by atoms with Gasteiger partial charge >= 0.3 is 5.97 Å². The Kier molecular flexibility index (Phi) is 5.30. The van der Waals surface area contributed by atoms with E-state index in [4.69, 9.17) is 10.00 Å². The molecule has 0 saturated heterocycles. The highest BCUT2D eigenvalue weighted by atomic mass is 16.5. The number of carbonyl (C=O) groups excluding carboxylic acids is 1. The van der Waals surface area contributed by atoms with Crippen LogP contribution in [0.3, 0.4) is 0 Å². The standard InChI is InChI=1S/C9H15N3O2/c1-5-14-9(13)7(6-10)8(11-2)12(3)4/h7H,5H2,1-4H3. The molecule has 0 amide bonds. The molecule has 0 aromatic heterocycles. The largest absolute Gasteiger partial charge is 0.465 e. The van der Waals surface area contributed by atoms with Gasteiger partial charge < -0.3 is 9.64 Å². The fourth-order valence-corrected chi connectivity index (χ4v) is 1.03. The maximum atomic E-state index is 11.3. The molecule has 0 bridgehead atoms. The fourth-order valence-electron chi connectivity index (χ4n) is 1.03. The summed E-state index contributed by atoms with van der Waals surface area (Å²) < 4.78 is 4.76. The van der Waals surface area contributed by atoms with Gasteiger partial charge in [-0.3, -0.25) is 9.79 Å². The highest BCUT2D eigenvalue weighted by Gasteiger charge is 2.26. The van der Waals surface area contributed by atoms with Crippen molar-refractivity contribution in [3.8, 4) is 6.07 Å². The monoisotopic (exact) mass is 197 g/mol. The minimum atomic E-state index is -0.935. The summed E-state index contributed by atoms with van der Waals surface area (Å²) in [4.78, 5) is 16.8. The molecule has 78 valence electrons. The van der Waals surface area contributed by atoms with Gasteiger partial charge in [-0.05, 0) is 6.92 Å². The number of amidine groups is 1. The molecule has 1 atom stereocenters.